The van der Waals surface area contributed by atoms with Crippen LogP contribution in [0.4, 0.5) is 4.39 Å². The molecule has 20 heavy (non-hydrogen) atoms. The Kier molecular flexibility index (Phi) is 3.92. The lowest BCUT2D eigenvalue weighted by molar-refractivity contribution is 0.00296. The number of hydrogen-bond acceptors (Lipinski definition) is 4. The molecule has 0 aromatic heterocycles. The highest BCUT2D eigenvalue weighted by atomic mass is 19.1. The van der Waals surface area contributed by atoms with Crippen LogP contribution in [0.2, 0.25) is 0 Å². The minimum Gasteiger partial charge on any atom is -0.508 e. The number of phenolic OH excluding ortho intramolecular Hbond substituents is 1. The summed E-state index contributed by atoms with van der Waals surface area (Å²) < 4.78 is 13.0. The fraction of sp³-hybridized carbons (Fsp3) is 0.600. The van der Waals surface area contributed by atoms with E-state index < -0.39 is 0 Å². The first-order valence-electron chi connectivity index (χ1n) is 7.32. The quantitative estimate of drug-likeness (QED) is 0.871. The number of rotatable bonds is 3. The fourth-order valence-corrected chi connectivity index (χ4v) is 3.15. The number of nitrogens with one attached hydrogen (secondary N) is 1. The van der Waals surface area contributed by atoms with Crippen molar-refractivity contribution >= 4 is 0 Å². The van der Waals surface area contributed by atoms with Gasteiger partial charge in [0.05, 0.1) is 0 Å². The summed E-state index contributed by atoms with van der Waals surface area (Å²) in [6, 6.07) is 5.06. The molecule has 4 nitrogen and oxygen atoms in total. The molecule has 5 heteroatoms. The zero-order valence-corrected chi connectivity index (χ0v) is 11.8. The Morgan fingerprint density at radius 3 is 2.65 bits per heavy atom. The summed E-state index contributed by atoms with van der Waals surface area (Å²) in [7, 11) is 0. The van der Waals surface area contributed by atoms with Gasteiger partial charge in [-0.25, -0.2) is 4.39 Å². The molecular formula is C15H22FN3O. The molecular weight excluding hydrogens is 257 g/mol. The van der Waals surface area contributed by atoms with E-state index in [2.05, 4.69) is 22.0 Å². The molecule has 0 aliphatic carbocycles. The number of likely N-dealkylation sites (tertiary alicyclic amines) is 1. The van der Waals surface area contributed by atoms with E-state index in [4.69, 9.17) is 0 Å². The van der Waals surface area contributed by atoms with Crippen LogP contribution in [-0.4, -0.2) is 60.2 Å². The maximum atomic E-state index is 13.0. The second-order valence-corrected chi connectivity index (χ2v) is 5.77. The average Bonchev–Trinajstić information content (AvgIpc) is 2.38. The first-order valence-corrected chi connectivity index (χ1v) is 7.32. The minimum atomic E-state index is -0.388. The molecule has 3 rings (SSSR count). The van der Waals surface area contributed by atoms with Gasteiger partial charge < -0.3 is 10.4 Å². The first-order chi connectivity index (χ1) is 9.65. The predicted molar refractivity (Wildman–Crippen MR) is 76.3 cm³/mol. The van der Waals surface area contributed by atoms with Crippen molar-refractivity contribution in [1.29, 1.82) is 0 Å². The molecule has 2 N–H and O–H groups in total. The van der Waals surface area contributed by atoms with Crippen LogP contribution in [-0.2, 0) is 0 Å². The summed E-state index contributed by atoms with van der Waals surface area (Å²) >= 11 is 0. The maximum absolute atomic E-state index is 13.0. The summed E-state index contributed by atoms with van der Waals surface area (Å²) in [6.07, 6.45) is 0. The smallest absolute Gasteiger partial charge is 0.126 e. The fourth-order valence-electron chi connectivity index (χ4n) is 3.15. The third-order valence-electron chi connectivity index (χ3n) is 4.55. The number of halogens is 1. The molecule has 1 atom stereocenters. The average molecular weight is 279 g/mol. The van der Waals surface area contributed by atoms with Crippen LogP contribution in [0.1, 0.15) is 18.5 Å². The van der Waals surface area contributed by atoms with Crippen molar-refractivity contribution in [3.05, 3.63) is 29.6 Å². The standard InChI is InChI=1S/C15H22FN3O/c1-11(14-3-2-12(16)8-15(14)20)19-9-13(10-19)18-6-4-17-5-7-18/h2-3,8,11,13,17,20H,4-7,9-10H2,1H3. The van der Waals surface area contributed by atoms with Crippen LogP contribution in [0.25, 0.3) is 0 Å². The van der Waals surface area contributed by atoms with E-state index in [9.17, 15) is 9.50 Å². The molecule has 2 aliphatic rings. The first kappa shape index (κ1) is 13.8. The SMILES string of the molecule is CC(c1ccc(F)cc1O)N1CC(N2CCNCC2)C1. The normalized spacial score (nSPS) is 23.5. The molecule has 0 spiro atoms. The van der Waals surface area contributed by atoms with Crippen molar-refractivity contribution < 1.29 is 9.50 Å². The van der Waals surface area contributed by atoms with Gasteiger partial charge in [0.1, 0.15) is 11.6 Å². The lowest BCUT2D eigenvalue weighted by Crippen LogP contribution is -2.62. The van der Waals surface area contributed by atoms with Gasteiger partial charge in [-0.2, -0.15) is 0 Å². The molecule has 0 saturated carbocycles. The van der Waals surface area contributed by atoms with Gasteiger partial charge in [-0.3, -0.25) is 9.80 Å². The molecule has 0 bridgehead atoms. The van der Waals surface area contributed by atoms with Gasteiger partial charge in [0, 0.05) is 63.0 Å². The topological polar surface area (TPSA) is 38.7 Å². The lowest BCUT2D eigenvalue weighted by Gasteiger charge is -2.49. The molecule has 2 aliphatic heterocycles. The molecule has 1 aromatic rings. The Balaban J connectivity index is 1.58. The van der Waals surface area contributed by atoms with E-state index in [1.807, 2.05) is 0 Å². The van der Waals surface area contributed by atoms with Crippen LogP contribution in [0, 0.1) is 5.82 Å². The Morgan fingerprint density at radius 2 is 2.00 bits per heavy atom. The largest absolute Gasteiger partial charge is 0.508 e. The number of phenols is 1. The van der Waals surface area contributed by atoms with Gasteiger partial charge in [0.15, 0.2) is 0 Å². The summed E-state index contributed by atoms with van der Waals surface area (Å²) in [6.45, 7) is 8.51. The maximum Gasteiger partial charge on any atom is 0.126 e. The highest BCUT2D eigenvalue weighted by molar-refractivity contribution is 5.35. The summed E-state index contributed by atoms with van der Waals surface area (Å²) in [5.41, 5.74) is 0.810. The Bertz CT molecular complexity index is 470. The van der Waals surface area contributed by atoms with Gasteiger partial charge >= 0.3 is 0 Å². The number of hydrogen-bond donors (Lipinski definition) is 2. The van der Waals surface area contributed by atoms with Gasteiger partial charge in [0.2, 0.25) is 0 Å². The van der Waals surface area contributed by atoms with Crippen molar-refractivity contribution in [3.63, 3.8) is 0 Å². The summed E-state index contributed by atoms with van der Waals surface area (Å²) in [4.78, 5) is 4.86. The highest BCUT2D eigenvalue weighted by Gasteiger charge is 2.35. The van der Waals surface area contributed by atoms with E-state index in [1.54, 1.807) is 6.07 Å². The van der Waals surface area contributed by atoms with Gasteiger partial charge in [-0.1, -0.05) is 6.07 Å². The second-order valence-electron chi connectivity index (χ2n) is 5.77. The second kappa shape index (κ2) is 5.68. The summed E-state index contributed by atoms with van der Waals surface area (Å²) in [5, 5.41) is 13.2. The van der Waals surface area contributed by atoms with Crippen molar-refractivity contribution in [2.75, 3.05) is 39.3 Å². The molecule has 2 fully saturated rings. The van der Waals surface area contributed by atoms with Gasteiger partial charge in [-0.15, -0.1) is 0 Å². The third-order valence-corrected chi connectivity index (χ3v) is 4.55. The van der Waals surface area contributed by atoms with Gasteiger partial charge in [0.25, 0.3) is 0 Å². The lowest BCUT2D eigenvalue weighted by atomic mass is 9.98. The molecule has 0 amide bonds. The van der Waals surface area contributed by atoms with Crippen molar-refractivity contribution in [2.24, 2.45) is 0 Å². The van der Waals surface area contributed by atoms with E-state index >= 15 is 0 Å². The molecule has 110 valence electrons. The molecule has 2 heterocycles. The van der Waals surface area contributed by atoms with Crippen molar-refractivity contribution in [3.8, 4) is 5.75 Å². The van der Waals surface area contributed by atoms with E-state index in [1.165, 1.54) is 12.1 Å². The Labute approximate surface area is 119 Å². The zero-order chi connectivity index (χ0) is 14.1. The van der Waals surface area contributed by atoms with Crippen molar-refractivity contribution in [1.82, 2.24) is 15.1 Å². The van der Waals surface area contributed by atoms with Crippen LogP contribution < -0.4 is 5.32 Å². The van der Waals surface area contributed by atoms with Crippen molar-refractivity contribution in [2.45, 2.75) is 19.0 Å². The van der Waals surface area contributed by atoms with E-state index in [-0.39, 0.29) is 17.6 Å². The third kappa shape index (κ3) is 2.66. The monoisotopic (exact) mass is 279 g/mol. The van der Waals surface area contributed by atoms with Crippen LogP contribution >= 0.6 is 0 Å². The summed E-state index contributed by atoms with van der Waals surface area (Å²) in [5.74, 6) is -0.330. The van der Waals surface area contributed by atoms with Gasteiger partial charge in [-0.05, 0) is 13.0 Å². The number of aromatic hydroxyl groups is 1. The molecule has 1 unspecified atom stereocenters. The van der Waals surface area contributed by atoms with Crippen LogP contribution in [0.15, 0.2) is 18.2 Å². The van der Waals surface area contributed by atoms with Crippen LogP contribution in [0.5, 0.6) is 5.75 Å². The molecule has 0 radical (unpaired) electrons. The predicted octanol–water partition coefficient (Wildman–Crippen LogP) is 1.18. The minimum absolute atomic E-state index is 0.0584. The zero-order valence-electron chi connectivity index (χ0n) is 11.8. The highest BCUT2D eigenvalue weighted by Crippen LogP contribution is 2.32. The Morgan fingerprint density at radius 1 is 1.30 bits per heavy atom. The molecule has 2 saturated heterocycles. The number of benzene rings is 1. The number of nitrogens with zero attached hydrogens (tertiary/aromatic N) is 2. The molecule has 1 aromatic carbocycles. The van der Waals surface area contributed by atoms with Crippen LogP contribution in [0.3, 0.4) is 0 Å². The van der Waals surface area contributed by atoms with E-state index in [0.717, 1.165) is 44.8 Å². The Hall–Kier alpha value is -1.17. The van der Waals surface area contributed by atoms with E-state index in [0.29, 0.717) is 6.04 Å². The number of piperazine rings is 1.